The van der Waals surface area contributed by atoms with Gasteiger partial charge in [0.2, 0.25) is 0 Å². The first-order valence-corrected chi connectivity index (χ1v) is 6.53. The Morgan fingerprint density at radius 3 is 2.93 bits per heavy atom. The topological polar surface area (TPSA) is 46.2 Å². The van der Waals surface area contributed by atoms with Gasteiger partial charge in [-0.2, -0.15) is 11.8 Å². The summed E-state index contributed by atoms with van der Waals surface area (Å²) in [5.41, 5.74) is 7.11. The van der Waals surface area contributed by atoms with Crippen molar-refractivity contribution in [3.05, 3.63) is 29.8 Å². The number of benzene rings is 1. The molecule has 2 nitrogen and oxygen atoms in total. The predicted octanol–water partition coefficient (Wildman–Crippen LogP) is 2.02. The van der Waals surface area contributed by atoms with Gasteiger partial charge in [0.25, 0.3) is 0 Å². The van der Waals surface area contributed by atoms with Crippen molar-refractivity contribution in [1.29, 1.82) is 0 Å². The zero-order valence-corrected chi connectivity index (χ0v) is 9.54. The highest BCUT2D eigenvalue weighted by atomic mass is 32.2. The number of rotatable bonds is 2. The van der Waals surface area contributed by atoms with Crippen LogP contribution in [0.5, 0.6) is 5.75 Å². The van der Waals surface area contributed by atoms with E-state index < -0.39 is 0 Å². The number of phenols is 1. The molecule has 2 unspecified atom stereocenters. The first-order chi connectivity index (χ1) is 7.27. The van der Waals surface area contributed by atoms with Crippen molar-refractivity contribution in [2.75, 3.05) is 11.5 Å². The second-order valence-electron chi connectivity index (χ2n) is 4.12. The highest BCUT2D eigenvalue weighted by Crippen LogP contribution is 2.27. The van der Waals surface area contributed by atoms with Gasteiger partial charge in [0.1, 0.15) is 5.75 Å². The van der Waals surface area contributed by atoms with Gasteiger partial charge in [0, 0.05) is 6.04 Å². The van der Waals surface area contributed by atoms with Crippen LogP contribution in [0.1, 0.15) is 12.0 Å². The molecule has 0 spiro atoms. The zero-order valence-electron chi connectivity index (χ0n) is 8.73. The van der Waals surface area contributed by atoms with Gasteiger partial charge in [0.05, 0.1) is 0 Å². The van der Waals surface area contributed by atoms with Crippen LogP contribution in [0, 0.1) is 5.92 Å². The van der Waals surface area contributed by atoms with Gasteiger partial charge in [0.15, 0.2) is 0 Å². The Labute approximate surface area is 94.9 Å². The average molecular weight is 223 g/mol. The van der Waals surface area contributed by atoms with Gasteiger partial charge in [-0.15, -0.1) is 0 Å². The molecule has 3 N–H and O–H groups in total. The van der Waals surface area contributed by atoms with Gasteiger partial charge in [-0.25, -0.2) is 0 Å². The fourth-order valence-electron chi connectivity index (χ4n) is 1.99. The predicted molar refractivity (Wildman–Crippen MR) is 65.2 cm³/mol. The fraction of sp³-hybridized carbons (Fsp3) is 0.500. The zero-order chi connectivity index (χ0) is 10.7. The summed E-state index contributed by atoms with van der Waals surface area (Å²) in [7, 11) is 0. The lowest BCUT2D eigenvalue weighted by atomic mass is 9.92. The molecule has 0 saturated carbocycles. The van der Waals surface area contributed by atoms with Crippen LogP contribution in [0.4, 0.5) is 0 Å². The van der Waals surface area contributed by atoms with E-state index >= 15 is 0 Å². The van der Waals surface area contributed by atoms with Gasteiger partial charge >= 0.3 is 0 Å². The number of thioether (sulfide) groups is 1. The maximum absolute atomic E-state index is 9.68. The molecule has 0 aromatic heterocycles. The highest BCUT2D eigenvalue weighted by Gasteiger charge is 2.22. The van der Waals surface area contributed by atoms with E-state index in [2.05, 4.69) is 0 Å². The number of nitrogens with two attached hydrogens (primary N) is 1. The molecule has 0 aliphatic carbocycles. The van der Waals surface area contributed by atoms with Gasteiger partial charge in [-0.1, -0.05) is 18.2 Å². The maximum atomic E-state index is 9.68. The lowest BCUT2D eigenvalue weighted by Crippen LogP contribution is -2.36. The summed E-state index contributed by atoms with van der Waals surface area (Å²) in [5.74, 6) is 3.21. The minimum absolute atomic E-state index is 0.297. The second kappa shape index (κ2) is 4.90. The molecule has 1 aliphatic heterocycles. The largest absolute Gasteiger partial charge is 0.508 e. The number of phenolic OH excluding ortho intramolecular Hbond substituents is 1. The van der Waals surface area contributed by atoms with E-state index in [1.165, 1.54) is 5.75 Å². The second-order valence-corrected chi connectivity index (χ2v) is 5.27. The average Bonchev–Trinajstić information content (AvgIpc) is 2.24. The quantitative estimate of drug-likeness (QED) is 0.806. The van der Waals surface area contributed by atoms with E-state index in [0.29, 0.717) is 17.7 Å². The highest BCUT2D eigenvalue weighted by molar-refractivity contribution is 7.99. The summed E-state index contributed by atoms with van der Waals surface area (Å²) in [6.07, 6.45) is 2.00. The fourth-order valence-corrected chi connectivity index (χ4v) is 3.26. The molecule has 15 heavy (non-hydrogen) atoms. The molecule has 0 amide bonds. The van der Waals surface area contributed by atoms with Gasteiger partial charge in [-0.05, 0) is 41.9 Å². The summed E-state index contributed by atoms with van der Waals surface area (Å²) in [6, 6.07) is 7.86. The smallest absolute Gasteiger partial charge is 0.118 e. The lowest BCUT2D eigenvalue weighted by Gasteiger charge is -2.28. The molecule has 2 rings (SSSR count). The van der Waals surface area contributed by atoms with Crippen molar-refractivity contribution >= 4 is 11.8 Å². The molecule has 1 heterocycles. The van der Waals surface area contributed by atoms with E-state index in [4.69, 9.17) is 5.73 Å². The normalized spacial score (nSPS) is 26.5. The molecule has 1 saturated heterocycles. The van der Waals surface area contributed by atoms with Gasteiger partial charge < -0.3 is 10.8 Å². The third kappa shape index (κ3) is 2.67. The summed E-state index contributed by atoms with van der Waals surface area (Å²) in [4.78, 5) is 0. The molecule has 1 fully saturated rings. The molecular weight excluding hydrogens is 206 g/mol. The van der Waals surface area contributed by atoms with Crippen LogP contribution in [0.25, 0.3) is 0 Å². The van der Waals surface area contributed by atoms with Crippen LogP contribution in [0.3, 0.4) is 0 Å². The van der Waals surface area contributed by atoms with Crippen molar-refractivity contribution in [3.8, 4) is 5.75 Å². The molecule has 82 valence electrons. The molecule has 1 aliphatic rings. The molecule has 1 aromatic rings. The summed E-state index contributed by atoms with van der Waals surface area (Å²) in [5, 5.41) is 9.68. The Bertz CT molecular complexity index is 329. The van der Waals surface area contributed by atoms with Crippen LogP contribution < -0.4 is 5.73 Å². The number of aromatic hydroxyl groups is 1. The van der Waals surface area contributed by atoms with Crippen molar-refractivity contribution in [2.24, 2.45) is 11.7 Å². The minimum atomic E-state index is 0.297. The Kier molecular flexibility index (Phi) is 3.54. The Balaban J connectivity index is 2.04. The Hall–Kier alpha value is -0.670. The lowest BCUT2D eigenvalue weighted by molar-refractivity contribution is 0.422. The van der Waals surface area contributed by atoms with Crippen molar-refractivity contribution in [3.63, 3.8) is 0 Å². The van der Waals surface area contributed by atoms with E-state index in [9.17, 15) is 5.11 Å². The summed E-state index contributed by atoms with van der Waals surface area (Å²) in [6.45, 7) is 0. The SMILES string of the molecule is NC1CCSCC1Cc1ccccc1O. The number of hydrogen-bond acceptors (Lipinski definition) is 3. The van der Waals surface area contributed by atoms with E-state index in [0.717, 1.165) is 24.2 Å². The molecule has 1 aromatic carbocycles. The number of hydrogen-bond donors (Lipinski definition) is 2. The monoisotopic (exact) mass is 223 g/mol. The molecule has 2 atom stereocenters. The molecule has 0 radical (unpaired) electrons. The standard InChI is InChI=1S/C12H17NOS/c13-11-5-6-15-8-10(11)7-9-3-1-2-4-12(9)14/h1-4,10-11,14H,5-8,13H2. The minimum Gasteiger partial charge on any atom is -0.508 e. The molecule has 3 heteroatoms. The Morgan fingerprint density at radius 2 is 2.20 bits per heavy atom. The van der Waals surface area contributed by atoms with Crippen LogP contribution in [0.15, 0.2) is 24.3 Å². The molecule has 0 bridgehead atoms. The third-order valence-corrected chi connectivity index (χ3v) is 4.19. The van der Waals surface area contributed by atoms with Crippen LogP contribution >= 0.6 is 11.8 Å². The Morgan fingerprint density at radius 1 is 1.40 bits per heavy atom. The van der Waals surface area contributed by atoms with Crippen LogP contribution in [-0.2, 0) is 6.42 Å². The first-order valence-electron chi connectivity index (χ1n) is 5.37. The van der Waals surface area contributed by atoms with Gasteiger partial charge in [-0.3, -0.25) is 0 Å². The third-order valence-electron chi connectivity index (χ3n) is 3.01. The summed E-state index contributed by atoms with van der Waals surface area (Å²) >= 11 is 1.97. The maximum Gasteiger partial charge on any atom is 0.118 e. The van der Waals surface area contributed by atoms with Crippen LogP contribution in [0.2, 0.25) is 0 Å². The number of para-hydroxylation sites is 1. The van der Waals surface area contributed by atoms with Crippen LogP contribution in [-0.4, -0.2) is 22.7 Å². The van der Waals surface area contributed by atoms with Crippen molar-refractivity contribution in [2.45, 2.75) is 18.9 Å². The van der Waals surface area contributed by atoms with Crippen molar-refractivity contribution < 1.29 is 5.11 Å². The van der Waals surface area contributed by atoms with Crippen molar-refractivity contribution in [1.82, 2.24) is 0 Å². The van der Waals surface area contributed by atoms with E-state index in [1.807, 2.05) is 30.0 Å². The van der Waals surface area contributed by atoms with E-state index in [1.54, 1.807) is 6.07 Å². The summed E-state index contributed by atoms with van der Waals surface area (Å²) < 4.78 is 0. The van der Waals surface area contributed by atoms with E-state index in [-0.39, 0.29) is 0 Å². The molecular formula is C12H17NOS. The first kappa shape index (κ1) is 10.8.